The fourth-order valence-corrected chi connectivity index (χ4v) is 2.76. The lowest BCUT2D eigenvalue weighted by atomic mass is 9.79. The highest BCUT2D eigenvalue weighted by Gasteiger charge is 2.33. The lowest BCUT2D eigenvalue weighted by Gasteiger charge is -2.39. The van der Waals surface area contributed by atoms with Gasteiger partial charge in [-0.3, -0.25) is 5.41 Å². The van der Waals surface area contributed by atoms with E-state index in [1.54, 1.807) is 0 Å². The summed E-state index contributed by atoms with van der Waals surface area (Å²) in [6.45, 7) is 3.87. The summed E-state index contributed by atoms with van der Waals surface area (Å²) in [5.41, 5.74) is 7.61. The molecule has 1 aromatic carbocycles. The van der Waals surface area contributed by atoms with Crippen molar-refractivity contribution in [1.29, 1.82) is 5.41 Å². The van der Waals surface area contributed by atoms with E-state index in [9.17, 15) is 0 Å². The summed E-state index contributed by atoms with van der Waals surface area (Å²) >= 11 is 0. The van der Waals surface area contributed by atoms with E-state index in [2.05, 4.69) is 28.1 Å². The second-order valence-electron chi connectivity index (χ2n) is 5.71. The average molecular weight is 269 g/mol. The van der Waals surface area contributed by atoms with Gasteiger partial charge in [-0.15, -0.1) is 0 Å². The maximum absolute atomic E-state index is 7.72. The number of rotatable bonds is 2. The molecule has 5 heteroatoms. The van der Waals surface area contributed by atoms with Crippen LogP contribution in [0, 0.1) is 10.8 Å². The van der Waals surface area contributed by atoms with E-state index >= 15 is 0 Å². The van der Waals surface area contributed by atoms with E-state index in [4.69, 9.17) is 11.1 Å². The number of hydrogen-bond donors (Lipinski definition) is 2. The van der Waals surface area contributed by atoms with Gasteiger partial charge in [0.2, 0.25) is 0 Å². The molecule has 0 radical (unpaired) electrons. The monoisotopic (exact) mass is 269 g/mol. The number of nitrogens with two attached hydrogens (primary N) is 1. The number of nitrogens with one attached hydrogen (secondary N) is 1. The third-order valence-electron chi connectivity index (χ3n) is 4.38. The Kier molecular flexibility index (Phi) is 3.04. The molecule has 0 amide bonds. The summed E-state index contributed by atoms with van der Waals surface area (Å²) in [6, 6.07) is 8.06. The number of amidine groups is 1. The molecule has 1 aromatic heterocycles. The van der Waals surface area contributed by atoms with Crippen LogP contribution in [0.3, 0.4) is 0 Å². The largest absolute Gasteiger partial charge is 0.387 e. The topological polar surface area (TPSA) is 78.9 Å². The molecule has 1 fully saturated rings. The molecule has 1 aliphatic rings. The van der Waals surface area contributed by atoms with E-state index < -0.39 is 0 Å². The summed E-state index contributed by atoms with van der Waals surface area (Å²) in [5, 5.41) is 17.1. The zero-order valence-electron chi connectivity index (χ0n) is 11.6. The van der Waals surface area contributed by atoms with Gasteiger partial charge in [-0.1, -0.05) is 25.1 Å². The molecule has 3 rings (SSSR count). The second-order valence-corrected chi connectivity index (χ2v) is 5.71. The molecule has 3 N–H and O–H groups in total. The summed E-state index contributed by atoms with van der Waals surface area (Å²) < 4.78 is 0. The van der Waals surface area contributed by atoms with Crippen molar-refractivity contribution >= 4 is 22.4 Å². The van der Waals surface area contributed by atoms with Crippen molar-refractivity contribution in [2.24, 2.45) is 11.1 Å². The Labute approximate surface area is 118 Å². The van der Waals surface area contributed by atoms with Gasteiger partial charge in [0.25, 0.3) is 0 Å². The van der Waals surface area contributed by atoms with Gasteiger partial charge in [0.1, 0.15) is 0 Å². The van der Waals surface area contributed by atoms with E-state index in [1.165, 1.54) is 0 Å². The first-order valence-corrected chi connectivity index (χ1v) is 6.90. The quantitative estimate of drug-likeness (QED) is 0.647. The molecular weight excluding hydrogens is 250 g/mol. The first-order valence-electron chi connectivity index (χ1n) is 6.90. The van der Waals surface area contributed by atoms with Gasteiger partial charge in [-0.25, -0.2) is 0 Å². The molecule has 2 heterocycles. The Morgan fingerprint density at radius 1 is 1.30 bits per heavy atom. The predicted molar refractivity (Wildman–Crippen MR) is 81.0 cm³/mol. The molecule has 0 unspecified atom stereocenters. The zero-order chi connectivity index (χ0) is 14.2. The first-order chi connectivity index (χ1) is 9.60. The Bertz CT molecular complexity index is 638. The van der Waals surface area contributed by atoms with Crippen LogP contribution in [0.4, 0.5) is 5.69 Å². The van der Waals surface area contributed by atoms with Crippen LogP contribution in [0.1, 0.15) is 19.8 Å². The third kappa shape index (κ3) is 2.09. The summed E-state index contributed by atoms with van der Waals surface area (Å²) in [6.07, 6.45) is 3.64. The SMILES string of the molecule is CC1(C(=N)N)CCN(c2cnnc3ccccc23)CC1. The van der Waals surface area contributed by atoms with Crippen LogP contribution in [0.2, 0.25) is 0 Å². The van der Waals surface area contributed by atoms with E-state index in [-0.39, 0.29) is 5.41 Å². The molecule has 1 aliphatic heterocycles. The summed E-state index contributed by atoms with van der Waals surface area (Å²) in [7, 11) is 0. The predicted octanol–water partition coefficient (Wildman–Crippen LogP) is 2.17. The van der Waals surface area contributed by atoms with E-state index in [1.807, 2.05) is 24.4 Å². The van der Waals surface area contributed by atoms with Crippen molar-refractivity contribution in [3.63, 3.8) is 0 Å². The van der Waals surface area contributed by atoms with Crippen LogP contribution in [0.5, 0.6) is 0 Å². The third-order valence-corrected chi connectivity index (χ3v) is 4.38. The molecule has 0 aliphatic carbocycles. The molecule has 0 bridgehead atoms. The highest BCUT2D eigenvalue weighted by Crippen LogP contribution is 2.34. The molecule has 5 nitrogen and oxygen atoms in total. The van der Waals surface area contributed by atoms with Crippen LogP contribution in [0.25, 0.3) is 10.9 Å². The van der Waals surface area contributed by atoms with Gasteiger partial charge >= 0.3 is 0 Å². The number of piperidine rings is 1. The molecule has 0 atom stereocenters. The Hall–Kier alpha value is -2.17. The van der Waals surface area contributed by atoms with Gasteiger partial charge in [-0.2, -0.15) is 10.2 Å². The Morgan fingerprint density at radius 2 is 2.00 bits per heavy atom. The number of nitrogens with zero attached hydrogens (tertiary/aromatic N) is 3. The van der Waals surface area contributed by atoms with Gasteiger partial charge < -0.3 is 10.6 Å². The van der Waals surface area contributed by atoms with Gasteiger partial charge in [0, 0.05) is 23.9 Å². The molecule has 2 aromatic rings. The van der Waals surface area contributed by atoms with Crippen molar-refractivity contribution < 1.29 is 0 Å². The van der Waals surface area contributed by atoms with Crippen LogP contribution < -0.4 is 10.6 Å². The zero-order valence-corrected chi connectivity index (χ0v) is 11.6. The lowest BCUT2D eigenvalue weighted by molar-refractivity contribution is 0.351. The van der Waals surface area contributed by atoms with E-state index in [0.717, 1.165) is 42.5 Å². The average Bonchev–Trinajstić information content (AvgIpc) is 2.47. The lowest BCUT2D eigenvalue weighted by Crippen LogP contribution is -2.45. The molecule has 0 saturated carbocycles. The Balaban J connectivity index is 1.89. The number of hydrogen-bond acceptors (Lipinski definition) is 4. The van der Waals surface area contributed by atoms with Crippen LogP contribution in [-0.2, 0) is 0 Å². The molecule has 0 spiro atoms. The van der Waals surface area contributed by atoms with Crippen molar-refractivity contribution in [1.82, 2.24) is 10.2 Å². The van der Waals surface area contributed by atoms with Gasteiger partial charge in [0.05, 0.1) is 23.2 Å². The summed E-state index contributed by atoms with van der Waals surface area (Å²) in [4.78, 5) is 2.32. The van der Waals surface area contributed by atoms with E-state index in [0.29, 0.717) is 5.84 Å². The van der Waals surface area contributed by atoms with Crippen LogP contribution in [-0.4, -0.2) is 29.1 Å². The van der Waals surface area contributed by atoms with Crippen LogP contribution >= 0.6 is 0 Å². The standard InChI is InChI=1S/C15H19N5/c1-15(14(16)17)6-8-20(9-7-15)13-10-18-19-12-5-3-2-4-11(12)13/h2-5,10H,6-9H2,1H3,(H3,16,17). The number of aromatic nitrogens is 2. The molecule has 104 valence electrons. The maximum atomic E-state index is 7.72. The highest BCUT2D eigenvalue weighted by molar-refractivity contribution is 5.91. The molecular formula is C15H19N5. The smallest absolute Gasteiger partial charge is 0.0967 e. The van der Waals surface area contributed by atoms with Crippen molar-refractivity contribution in [3.8, 4) is 0 Å². The Morgan fingerprint density at radius 3 is 2.70 bits per heavy atom. The summed E-state index contributed by atoms with van der Waals surface area (Å²) in [5.74, 6) is 0.301. The second kappa shape index (κ2) is 4.74. The normalized spacial score (nSPS) is 18.1. The fraction of sp³-hybridized carbons (Fsp3) is 0.400. The van der Waals surface area contributed by atoms with Gasteiger partial charge in [0.15, 0.2) is 0 Å². The maximum Gasteiger partial charge on any atom is 0.0967 e. The minimum Gasteiger partial charge on any atom is -0.387 e. The number of benzene rings is 1. The molecule has 20 heavy (non-hydrogen) atoms. The van der Waals surface area contributed by atoms with Crippen molar-refractivity contribution in [2.75, 3.05) is 18.0 Å². The minimum absolute atomic E-state index is 0.160. The van der Waals surface area contributed by atoms with Gasteiger partial charge in [-0.05, 0) is 18.9 Å². The van der Waals surface area contributed by atoms with Crippen LogP contribution in [0.15, 0.2) is 30.5 Å². The van der Waals surface area contributed by atoms with Crippen molar-refractivity contribution in [2.45, 2.75) is 19.8 Å². The molecule has 1 saturated heterocycles. The minimum atomic E-state index is -0.160. The first kappa shape index (κ1) is 12.8. The van der Waals surface area contributed by atoms with Crippen molar-refractivity contribution in [3.05, 3.63) is 30.5 Å². The number of anilines is 1. The highest BCUT2D eigenvalue weighted by atomic mass is 15.2. The fourth-order valence-electron chi connectivity index (χ4n) is 2.76. The number of fused-ring (bicyclic) bond motifs is 1.